The highest BCUT2D eigenvalue weighted by atomic mass is 32.2. The molecule has 3 N–H and O–H groups in total. The number of piperidine rings is 1. The van der Waals surface area contributed by atoms with E-state index in [1.807, 2.05) is 18.2 Å². The smallest absolute Gasteiger partial charge is 0.133 e. The first-order chi connectivity index (χ1) is 12.6. The fourth-order valence-electron chi connectivity index (χ4n) is 3.06. The number of hydrogen-bond acceptors (Lipinski definition) is 5. The van der Waals surface area contributed by atoms with Crippen LogP contribution < -0.4 is 10.5 Å². The number of ether oxygens (including phenoxy) is 1. The van der Waals surface area contributed by atoms with E-state index in [1.54, 1.807) is 30.3 Å². The minimum atomic E-state index is -1.57. The molecule has 0 radical (unpaired) electrons. The van der Waals surface area contributed by atoms with Crippen molar-refractivity contribution in [1.82, 2.24) is 4.90 Å². The van der Waals surface area contributed by atoms with Gasteiger partial charge in [0.05, 0.1) is 0 Å². The lowest BCUT2D eigenvalue weighted by atomic mass is 10.1. The first kappa shape index (κ1) is 18.6. The summed E-state index contributed by atoms with van der Waals surface area (Å²) in [5.74, 6) is 0.654. The molecule has 26 heavy (non-hydrogen) atoms. The molecule has 0 saturated carbocycles. The van der Waals surface area contributed by atoms with Crippen molar-refractivity contribution in [2.45, 2.75) is 24.2 Å². The average Bonchev–Trinajstić information content (AvgIpc) is 2.69. The summed E-state index contributed by atoms with van der Waals surface area (Å²) in [5.41, 5.74) is 6.91. The van der Waals surface area contributed by atoms with E-state index in [1.165, 1.54) is 19.3 Å². The highest BCUT2D eigenvalue weighted by molar-refractivity contribution is 8.01. The molecule has 138 valence electrons. The maximum atomic E-state index is 12.6. The van der Waals surface area contributed by atoms with Crippen LogP contribution in [0.15, 0.2) is 53.4 Å². The van der Waals surface area contributed by atoms with Gasteiger partial charge in [0, 0.05) is 22.7 Å². The Morgan fingerprint density at radius 1 is 1.12 bits per heavy atom. The van der Waals surface area contributed by atoms with Crippen molar-refractivity contribution < 1.29 is 8.95 Å². The molecule has 2 aromatic rings. The van der Waals surface area contributed by atoms with Gasteiger partial charge in [-0.1, -0.05) is 24.6 Å². The predicted molar refractivity (Wildman–Crippen MR) is 106 cm³/mol. The number of nitrogens with zero attached hydrogens (tertiary/aromatic N) is 1. The second-order valence-corrected chi connectivity index (χ2v) is 7.83. The Hall–Kier alpha value is -2.18. The van der Waals surface area contributed by atoms with E-state index in [-0.39, 0.29) is 5.04 Å². The van der Waals surface area contributed by atoms with Gasteiger partial charge in [0.25, 0.3) is 0 Å². The van der Waals surface area contributed by atoms with E-state index in [4.69, 9.17) is 15.9 Å². The summed E-state index contributed by atoms with van der Waals surface area (Å²) in [5, 5.41) is 8.30. The molecule has 1 unspecified atom stereocenters. The summed E-state index contributed by atoms with van der Waals surface area (Å²) in [6, 6.07) is 14.2. The van der Waals surface area contributed by atoms with Crippen LogP contribution in [0.5, 0.6) is 5.75 Å². The molecule has 1 aliphatic rings. The SMILES string of the molecule is N=C(c1cc(OCCN2CCCCC2)ccc1N)S(=O)c1ccccc1. The van der Waals surface area contributed by atoms with Gasteiger partial charge < -0.3 is 10.5 Å². The number of hydrogen-bond donors (Lipinski definition) is 2. The summed E-state index contributed by atoms with van der Waals surface area (Å²) in [6.07, 6.45) is 3.84. The fraction of sp³-hybridized carbons (Fsp3) is 0.350. The van der Waals surface area contributed by atoms with Gasteiger partial charge in [0.2, 0.25) is 0 Å². The number of nitrogens with one attached hydrogen (secondary N) is 1. The normalized spacial score (nSPS) is 16.2. The molecule has 1 atom stereocenters. The number of likely N-dealkylation sites (tertiary alicyclic amines) is 1. The zero-order valence-corrected chi connectivity index (χ0v) is 15.6. The van der Waals surface area contributed by atoms with E-state index < -0.39 is 10.8 Å². The molecule has 5 nitrogen and oxygen atoms in total. The van der Waals surface area contributed by atoms with Crippen LogP contribution in [0.2, 0.25) is 0 Å². The van der Waals surface area contributed by atoms with Crippen LogP contribution in [0.3, 0.4) is 0 Å². The van der Waals surface area contributed by atoms with Crippen LogP contribution in [0, 0.1) is 5.41 Å². The number of nitrogen functional groups attached to an aromatic ring is 1. The highest BCUT2D eigenvalue weighted by Crippen LogP contribution is 2.23. The van der Waals surface area contributed by atoms with E-state index >= 15 is 0 Å². The third kappa shape index (κ3) is 4.71. The molecule has 0 aromatic heterocycles. The number of rotatable bonds is 6. The summed E-state index contributed by atoms with van der Waals surface area (Å²) in [7, 11) is -1.57. The second-order valence-electron chi connectivity index (χ2n) is 6.41. The van der Waals surface area contributed by atoms with E-state index in [2.05, 4.69) is 4.90 Å². The van der Waals surface area contributed by atoms with Crippen molar-refractivity contribution in [2.24, 2.45) is 0 Å². The Labute approximate surface area is 157 Å². The van der Waals surface area contributed by atoms with Crippen molar-refractivity contribution in [3.05, 3.63) is 54.1 Å². The molecule has 1 aliphatic heterocycles. The number of anilines is 1. The molecule has 0 amide bonds. The molecule has 1 saturated heterocycles. The van der Waals surface area contributed by atoms with Gasteiger partial charge in [-0.3, -0.25) is 10.3 Å². The molecule has 6 heteroatoms. The number of nitrogens with two attached hydrogens (primary N) is 1. The molecule has 3 rings (SSSR count). The Kier molecular flexibility index (Phi) is 6.41. The van der Waals surface area contributed by atoms with Gasteiger partial charge in [-0.15, -0.1) is 0 Å². The minimum Gasteiger partial charge on any atom is -0.492 e. The topological polar surface area (TPSA) is 79.4 Å². The van der Waals surface area contributed by atoms with Crippen LogP contribution in [-0.2, 0) is 10.8 Å². The van der Waals surface area contributed by atoms with Crippen molar-refractivity contribution >= 4 is 21.5 Å². The molecule has 0 bridgehead atoms. The zero-order chi connectivity index (χ0) is 18.4. The number of benzene rings is 2. The third-order valence-electron chi connectivity index (χ3n) is 4.54. The fourth-order valence-corrected chi connectivity index (χ4v) is 4.08. The van der Waals surface area contributed by atoms with E-state index in [9.17, 15) is 4.21 Å². The highest BCUT2D eigenvalue weighted by Gasteiger charge is 2.16. The Balaban J connectivity index is 1.65. The van der Waals surface area contributed by atoms with E-state index in [0.717, 1.165) is 19.6 Å². The van der Waals surface area contributed by atoms with Gasteiger partial charge >= 0.3 is 0 Å². The molecule has 1 fully saturated rings. The Morgan fingerprint density at radius 3 is 2.58 bits per heavy atom. The van der Waals surface area contributed by atoms with Gasteiger partial charge in [0.1, 0.15) is 28.2 Å². The standard InChI is InChI=1S/C20H25N3O2S/c21-19-10-9-16(25-14-13-23-11-5-2-6-12-23)15-18(19)20(22)26(24)17-7-3-1-4-8-17/h1,3-4,7-10,15,22H,2,5-6,11-14,21H2. The summed E-state index contributed by atoms with van der Waals surface area (Å²) in [4.78, 5) is 3.00. The summed E-state index contributed by atoms with van der Waals surface area (Å²) in [6.45, 7) is 3.76. The van der Waals surface area contributed by atoms with Gasteiger partial charge in [-0.25, -0.2) is 4.21 Å². The van der Waals surface area contributed by atoms with Crippen LogP contribution >= 0.6 is 0 Å². The molecule has 1 heterocycles. The Bertz CT molecular complexity index is 774. The van der Waals surface area contributed by atoms with Crippen LogP contribution in [0.4, 0.5) is 5.69 Å². The van der Waals surface area contributed by atoms with Crippen molar-refractivity contribution in [3.63, 3.8) is 0 Å². The molecule has 2 aromatic carbocycles. The average molecular weight is 372 g/mol. The summed E-state index contributed by atoms with van der Waals surface area (Å²) >= 11 is 0. The lowest BCUT2D eigenvalue weighted by Gasteiger charge is -2.26. The van der Waals surface area contributed by atoms with Crippen molar-refractivity contribution in [2.75, 3.05) is 32.0 Å². The monoisotopic (exact) mass is 371 g/mol. The maximum Gasteiger partial charge on any atom is 0.133 e. The quantitative estimate of drug-likeness (QED) is 0.464. The van der Waals surface area contributed by atoms with Crippen molar-refractivity contribution in [1.29, 1.82) is 5.41 Å². The van der Waals surface area contributed by atoms with Crippen molar-refractivity contribution in [3.8, 4) is 5.75 Å². The Morgan fingerprint density at radius 2 is 1.85 bits per heavy atom. The van der Waals surface area contributed by atoms with Gasteiger partial charge in [-0.2, -0.15) is 0 Å². The minimum absolute atomic E-state index is 0.00446. The maximum absolute atomic E-state index is 12.6. The molecule has 0 aliphatic carbocycles. The van der Waals surface area contributed by atoms with Crippen LogP contribution in [0.1, 0.15) is 24.8 Å². The predicted octanol–water partition coefficient (Wildman–Crippen LogP) is 3.27. The third-order valence-corrected chi connectivity index (χ3v) is 5.83. The van der Waals surface area contributed by atoms with Crippen LogP contribution in [-0.4, -0.2) is 40.4 Å². The molecular formula is C20H25N3O2S. The van der Waals surface area contributed by atoms with E-state index in [0.29, 0.717) is 28.5 Å². The van der Waals surface area contributed by atoms with Gasteiger partial charge in [0.15, 0.2) is 0 Å². The lowest BCUT2D eigenvalue weighted by Crippen LogP contribution is -2.33. The summed E-state index contributed by atoms with van der Waals surface area (Å²) < 4.78 is 18.5. The first-order valence-electron chi connectivity index (χ1n) is 8.95. The molecule has 0 spiro atoms. The second kappa shape index (κ2) is 8.96. The largest absolute Gasteiger partial charge is 0.492 e. The molecular weight excluding hydrogens is 346 g/mol. The van der Waals surface area contributed by atoms with Gasteiger partial charge in [-0.05, 0) is 56.3 Å². The first-order valence-corrected chi connectivity index (χ1v) is 10.1. The lowest BCUT2D eigenvalue weighted by molar-refractivity contribution is 0.183. The zero-order valence-electron chi connectivity index (χ0n) is 14.8. The van der Waals surface area contributed by atoms with Crippen LogP contribution in [0.25, 0.3) is 0 Å².